The first-order valence-electron chi connectivity index (χ1n) is 9.60. The van der Waals surface area contributed by atoms with Crippen molar-refractivity contribution in [2.75, 3.05) is 6.54 Å². The Labute approximate surface area is 160 Å². The number of rotatable bonds is 7. The number of fused-ring (bicyclic) bond motifs is 1. The normalized spacial score (nSPS) is 12.5. The van der Waals surface area contributed by atoms with Gasteiger partial charge in [-0.15, -0.1) is 0 Å². The molecule has 1 atom stereocenters. The third-order valence-corrected chi connectivity index (χ3v) is 4.94. The number of halogens is 1. The van der Waals surface area contributed by atoms with Crippen molar-refractivity contribution in [1.82, 2.24) is 10.3 Å². The Morgan fingerprint density at radius 1 is 1.19 bits per heavy atom. The van der Waals surface area contributed by atoms with Gasteiger partial charge in [-0.1, -0.05) is 51.1 Å². The number of carbonyl (C=O) groups excluding carboxylic acids is 1. The van der Waals surface area contributed by atoms with Crippen molar-refractivity contribution >= 4 is 16.8 Å². The van der Waals surface area contributed by atoms with E-state index in [0.29, 0.717) is 18.9 Å². The van der Waals surface area contributed by atoms with Crippen LogP contribution < -0.4 is 5.32 Å². The highest BCUT2D eigenvalue weighted by molar-refractivity contribution is 5.88. The van der Waals surface area contributed by atoms with E-state index in [-0.39, 0.29) is 17.6 Å². The van der Waals surface area contributed by atoms with Crippen molar-refractivity contribution in [1.29, 1.82) is 0 Å². The molecule has 1 unspecified atom stereocenters. The molecule has 3 nitrogen and oxygen atoms in total. The third kappa shape index (κ3) is 4.38. The van der Waals surface area contributed by atoms with Crippen LogP contribution in [-0.2, 0) is 11.2 Å². The zero-order valence-corrected chi connectivity index (χ0v) is 16.2. The van der Waals surface area contributed by atoms with E-state index >= 15 is 0 Å². The van der Waals surface area contributed by atoms with Crippen LogP contribution in [0.25, 0.3) is 10.9 Å². The molecule has 1 aromatic heterocycles. The number of aromatic amines is 1. The van der Waals surface area contributed by atoms with Gasteiger partial charge in [-0.3, -0.25) is 4.79 Å². The summed E-state index contributed by atoms with van der Waals surface area (Å²) in [4.78, 5) is 15.9. The van der Waals surface area contributed by atoms with Crippen LogP contribution >= 0.6 is 0 Å². The molecule has 1 amide bonds. The van der Waals surface area contributed by atoms with E-state index in [1.807, 2.05) is 18.3 Å². The molecule has 1 heterocycles. The molecule has 0 aliphatic rings. The molecule has 0 fully saturated rings. The average Bonchev–Trinajstić information content (AvgIpc) is 3.08. The highest BCUT2D eigenvalue weighted by Crippen LogP contribution is 2.34. The minimum absolute atomic E-state index is 0.0149. The van der Waals surface area contributed by atoms with E-state index in [1.54, 1.807) is 6.07 Å². The minimum Gasteiger partial charge on any atom is -0.361 e. The zero-order valence-electron chi connectivity index (χ0n) is 16.2. The molecule has 27 heavy (non-hydrogen) atoms. The molecular formula is C23H27FN2O. The first kappa shape index (κ1) is 19.2. The molecule has 0 radical (unpaired) electrons. The predicted octanol–water partition coefficient (Wildman–Crippen LogP) is 5.16. The van der Waals surface area contributed by atoms with Gasteiger partial charge in [0, 0.05) is 36.0 Å². The molecule has 142 valence electrons. The van der Waals surface area contributed by atoms with Gasteiger partial charge < -0.3 is 10.3 Å². The maximum Gasteiger partial charge on any atom is 0.220 e. The molecule has 0 spiro atoms. The van der Waals surface area contributed by atoms with E-state index in [0.717, 1.165) is 28.5 Å². The fourth-order valence-electron chi connectivity index (χ4n) is 3.53. The number of aromatic nitrogens is 1. The monoisotopic (exact) mass is 366 g/mol. The smallest absolute Gasteiger partial charge is 0.220 e. The molecule has 0 bridgehead atoms. The lowest BCUT2D eigenvalue weighted by Gasteiger charge is -2.18. The molecule has 2 N–H and O–H groups in total. The fraction of sp³-hybridized carbons (Fsp3) is 0.348. The van der Waals surface area contributed by atoms with Crippen molar-refractivity contribution in [3.63, 3.8) is 0 Å². The molecular weight excluding hydrogens is 339 g/mol. The number of hydrogen-bond donors (Lipinski definition) is 2. The highest BCUT2D eigenvalue weighted by Gasteiger charge is 2.22. The first-order chi connectivity index (χ1) is 13.0. The van der Waals surface area contributed by atoms with Crippen molar-refractivity contribution in [2.24, 2.45) is 5.92 Å². The van der Waals surface area contributed by atoms with Gasteiger partial charge in [0.15, 0.2) is 0 Å². The lowest BCUT2D eigenvalue weighted by molar-refractivity contribution is -0.121. The van der Waals surface area contributed by atoms with E-state index in [1.165, 1.54) is 17.7 Å². The van der Waals surface area contributed by atoms with Crippen molar-refractivity contribution in [2.45, 2.75) is 39.5 Å². The quantitative estimate of drug-likeness (QED) is 0.596. The van der Waals surface area contributed by atoms with E-state index in [4.69, 9.17) is 0 Å². The summed E-state index contributed by atoms with van der Waals surface area (Å²) in [5, 5.41) is 4.08. The summed E-state index contributed by atoms with van der Waals surface area (Å²) in [6.45, 7) is 6.90. The average molecular weight is 366 g/mol. The van der Waals surface area contributed by atoms with Crippen LogP contribution in [0.1, 0.15) is 49.8 Å². The molecule has 3 aromatic rings. The van der Waals surface area contributed by atoms with Gasteiger partial charge in [0.2, 0.25) is 5.91 Å². The Bertz CT molecular complexity index is 929. The summed E-state index contributed by atoms with van der Waals surface area (Å²) in [7, 11) is 0. The van der Waals surface area contributed by atoms with Crippen LogP contribution in [0.5, 0.6) is 0 Å². The van der Waals surface area contributed by atoms with Crippen LogP contribution in [-0.4, -0.2) is 17.4 Å². The molecule has 4 heteroatoms. The van der Waals surface area contributed by atoms with Crippen LogP contribution in [0.4, 0.5) is 4.39 Å². The molecule has 2 aromatic carbocycles. The summed E-state index contributed by atoms with van der Waals surface area (Å²) >= 11 is 0. The van der Waals surface area contributed by atoms with Gasteiger partial charge in [-0.05, 0) is 41.2 Å². The molecule has 0 saturated heterocycles. The standard InChI is InChI=1S/C23H27FN2O/c1-4-16-7-6-10-19-21(14-26-23(16)19)20(12-22(27)25-13-15(2)3)17-8-5-9-18(24)11-17/h5-11,14-15,20,26H,4,12-13H2,1-3H3,(H,25,27). The number of H-pyrrole nitrogens is 1. The second-order valence-corrected chi connectivity index (χ2v) is 7.45. The SMILES string of the molecule is CCc1cccc2c(C(CC(=O)NCC(C)C)c3cccc(F)c3)c[nH]c12. The summed E-state index contributed by atoms with van der Waals surface area (Å²) in [6, 6.07) is 12.8. The number of benzene rings is 2. The number of para-hydroxylation sites is 1. The van der Waals surface area contributed by atoms with Crippen LogP contribution in [0, 0.1) is 11.7 Å². The fourth-order valence-corrected chi connectivity index (χ4v) is 3.53. The number of carbonyl (C=O) groups is 1. The van der Waals surface area contributed by atoms with Gasteiger partial charge in [0.05, 0.1) is 0 Å². The minimum atomic E-state index is -0.283. The van der Waals surface area contributed by atoms with Gasteiger partial charge >= 0.3 is 0 Å². The molecule has 0 saturated carbocycles. The summed E-state index contributed by atoms with van der Waals surface area (Å²) in [5.74, 6) is -0.108. The first-order valence-corrected chi connectivity index (χ1v) is 9.60. The van der Waals surface area contributed by atoms with Gasteiger partial charge in [0.1, 0.15) is 5.82 Å². The maximum absolute atomic E-state index is 13.9. The van der Waals surface area contributed by atoms with Crippen LogP contribution in [0.3, 0.4) is 0 Å². The largest absolute Gasteiger partial charge is 0.361 e. The summed E-state index contributed by atoms with van der Waals surface area (Å²) < 4.78 is 13.9. The van der Waals surface area contributed by atoms with E-state index in [2.05, 4.69) is 43.2 Å². The Hall–Kier alpha value is -2.62. The Balaban J connectivity index is 2.01. The Morgan fingerprint density at radius 3 is 2.67 bits per heavy atom. The number of amides is 1. The third-order valence-electron chi connectivity index (χ3n) is 4.94. The maximum atomic E-state index is 13.9. The summed E-state index contributed by atoms with van der Waals surface area (Å²) in [6.07, 6.45) is 3.19. The molecule has 3 rings (SSSR count). The lowest BCUT2D eigenvalue weighted by Crippen LogP contribution is -2.28. The topological polar surface area (TPSA) is 44.9 Å². The Morgan fingerprint density at radius 2 is 1.96 bits per heavy atom. The van der Waals surface area contributed by atoms with Crippen LogP contribution in [0.2, 0.25) is 0 Å². The van der Waals surface area contributed by atoms with E-state index in [9.17, 15) is 9.18 Å². The number of hydrogen-bond acceptors (Lipinski definition) is 1. The van der Waals surface area contributed by atoms with E-state index < -0.39 is 0 Å². The zero-order chi connectivity index (χ0) is 19.4. The Kier molecular flexibility index (Phi) is 5.94. The van der Waals surface area contributed by atoms with Crippen molar-refractivity contribution < 1.29 is 9.18 Å². The number of nitrogens with one attached hydrogen (secondary N) is 2. The van der Waals surface area contributed by atoms with Crippen molar-refractivity contribution in [3.05, 3.63) is 71.2 Å². The second-order valence-electron chi connectivity index (χ2n) is 7.45. The summed E-state index contributed by atoms with van der Waals surface area (Å²) in [5.41, 5.74) is 4.18. The lowest BCUT2D eigenvalue weighted by atomic mass is 9.87. The van der Waals surface area contributed by atoms with Gasteiger partial charge in [0.25, 0.3) is 0 Å². The number of aryl methyl sites for hydroxylation is 1. The van der Waals surface area contributed by atoms with Gasteiger partial charge in [-0.25, -0.2) is 4.39 Å². The van der Waals surface area contributed by atoms with Crippen molar-refractivity contribution in [3.8, 4) is 0 Å². The van der Waals surface area contributed by atoms with Gasteiger partial charge in [-0.2, -0.15) is 0 Å². The highest BCUT2D eigenvalue weighted by atomic mass is 19.1. The molecule has 0 aliphatic heterocycles. The molecule has 0 aliphatic carbocycles. The predicted molar refractivity (Wildman–Crippen MR) is 108 cm³/mol. The van der Waals surface area contributed by atoms with Crippen LogP contribution in [0.15, 0.2) is 48.7 Å². The second kappa shape index (κ2) is 8.38.